The first-order chi connectivity index (χ1) is 11.7. The van der Waals surface area contributed by atoms with Crippen LogP contribution in [0.15, 0.2) is 30.6 Å². The number of carbonyl (C=O) groups excluding carboxylic acids is 1. The van der Waals surface area contributed by atoms with Crippen molar-refractivity contribution < 1.29 is 14.5 Å². The zero-order chi connectivity index (χ0) is 17.9. The lowest BCUT2D eigenvalue weighted by atomic mass is 10.1. The topological polar surface area (TPSA) is 44.0 Å². The number of carboxylic acid groups (broad SMARTS) is 1. The monoisotopic (exact) mass is 335 g/mol. The molecule has 0 amide bonds. The Kier molecular flexibility index (Phi) is 16.9. The van der Waals surface area contributed by atoms with Gasteiger partial charge in [-0.15, -0.1) is 0 Å². The van der Waals surface area contributed by atoms with E-state index in [4.69, 9.17) is 0 Å². The second-order valence-corrected chi connectivity index (χ2v) is 6.42. The molecule has 0 aromatic carbocycles. The number of aliphatic carboxylic acids is 1. The van der Waals surface area contributed by atoms with Crippen molar-refractivity contribution in [1.82, 2.24) is 0 Å². The van der Waals surface area contributed by atoms with Crippen molar-refractivity contribution in [2.75, 3.05) is 0 Å². The molecule has 1 aromatic rings. The molecule has 3 nitrogen and oxygen atoms in total. The van der Waals surface area contributed by atoms with Crippen LogP contribution in [0, 0.1) is 0 Å². The summed E-state index contributed by atoms with van der Waals surface area (Å²) in [7, 11) is 0. The highest BCUT2D eigenvalue weighted by Crippen LogP contribution is 2.04. The predicted octanol–water partition coefficient (Wildman–Crippen LogP) is 4.43. The van der Waals surface area contributed by atoms with E-state index in [-0.39, 0.29) is 6.42 Å². The van der Waals surface area contributed by atoms with Gasteiger partial charge >= 0.3 is 0 Å². The first kappa shape index (κ1) is 22.6. The molecule has 0 aliphatic rings. The van der Waals surface area contributed by atoms with Gasteiger partial charge in [-0.25, -0.2) is 4.57 Å². The number of rotatable bonds is 13. The van der Waals surface area contributed by atoms with Crippen LogP contribution >= 0.6 is 0 Å². The van der Waals surface area contributed by atoms with Gasteiger partial charge in [0.25, 0.3) is 0 Å². The lowest BCUT2D eigenvalue weighted by molar-refractivity contribution is -0.697. The molecule has 0 atom stereocenters. The third kappa shape index (κ3) is 17.0. The molecule has 1 aromatic heterocycles. The van der Waals surface area contributed by atoms with Gasteiger partial charge in [0.2, 0.25) is 0 Å². The number of nitrogens with zero attached hydrogens (tertiary/aromatic N) is 1. The Labute approximate surface area is 149 Å². The Hall–Kier alpha value is -1.38. The van der Waals surface area contributed by atoms with Gasteiger partial charge in [-0.1, -0.05) is 71.3 Å². The van der Waals surface area contributed by atoms with Gasteiger partial charge in [0.15, 0.2) is 12.4 Å². The van der Waals surface area contributed by atoms with Crippen molar-refractivity contribution in [2.24, 2.45) is 0 Å². The van der Waals surface area contributed by atoms with Crippen molar-refractivity contribution in [1.29, 1.82) is 0 Å². The summed E-state index contributed by atoms with van der Waals surface area (Å²) in [6, 6.07) is 6.26. The highest BCUT2D eigenvalue weighted by Gasteiger charge is 1.96. The van der Waals surface area contributed by atoms with E-state index in [0.29, 0.717) is 0 Å². The van der Waals surface area contributed by atoms with Gasteiger partial charge in [-0.05, 0) is 19.3 Å². The summed E-state index contributed by atoms with van der Waals surface area (Å²) in [5.41, 5.74) is 0. The minimum atomic E-state index is -0.920. The molecule has 0 unspecified atom stereocenters. The van der Waals surface area contributed by atoms with Crippen LogP contribution in [0.2, 0.25) is 0 Å². The van der Waals surface area contributed by atoms with Crippen LogP contribution in [0.25, 0.3) is 0 Å². The molecule has 0 aliphatic heterocycles. The largest absolute Gasteiger partial charge is 0.550 e. The third-order valence-corrected chi connectivity index (χ3v) is 4.03. The molecule has 0 spiro atoms. The molecule has 24 heavy (non-hydrogen) atoms. The molecular formula is C21H37NO2. The standard InChI is InChI=1S/C13H22N.C8H16O2/c1-2-3-4-5-6-8-11-14-12-9-7-10-13-14;1-2-3-4-5-6-7-8(9)10/h7,9-10,12-13H,2-6,8,11H2,1H3;2-7H2,1H3,(H,9,10)/q+1;/p-1. The van der Waals surface area contributed by atoms with Gasteiger partial charge < -0.3 is 9.90 Å². The molecule has 3 heteroatoms. The van der Waals surface area contributed by atoms with Gasteiger partial charge in [0, 0.05) is 24.5 Å². The Morgan fingerprint density at radius 3 is 1.79 bits per heavy atom. The van der Waals surface area contributed by atoms with Crippen molar-refractivity contribution >= 4 is 5.97 Å². The quantitative estimate of drug-likeness (QED) is 0.395. The molecule has 0 fully saturated rings. The SMILES string of the molecule is CCCCCCCC(=O)[O-].CCCCCCCC[n+]1ccccc1. The molecular weight excluding hydrogens is 298 g/mol. The lowest BCUT2D eigenvalue weighted by Gasteiger charge is -2.00. The highest BCUT2D eigenvalue weighted by atomic mass is 16.4. The Morgan fingerprint density at radius 1 is 0.750 bits per heavy atom. The van der Waals surface area contributed by atoms with Crippen molar-refractivity contribution in [2.45, 2.75) is 97.4 Å². The molecule has 138 valence electrons. The van der Waals surface area contributed by atoms with E-state index in [9.17, 15) is 9.90 Å². The van der Waals surface area contributed by atoms with Crippen LogP contribution in [-0.2, 0) is 11.3 Å². The highest BCUT2D eigenvalue weighted by molar-refractivity contribution is 5.63. The van der Waals surface area contributed by atoms with E-state index in [1.807, 2.05) is 0 Å². The van der Waals surface area contributed by atoms with Gasteiger partial charge in [0.05, 0.1) is 0 Å². The third-order valence-electron chi connectivity index (χ3n) is 4.03. The number of unbranched alkanes of at least 4 members (excludes halogenated alkanes) is 9. The van der Waals surface area contributed by atoms with Gasteiger partial charge in [-0.2, -0.15) is 0 Å². The summed E-state index contributed by atoms with van der Waals surface area (Å²) in [6.45, 7) is 5.57. The fourth-order valence-electron chi connectivity index (χ4n) is 2.53. The molecule has 0 N–H and O–H groups in total. The lowest BCUT2D eigenvalue weighted by Crippen LogP contribution is -2.32. The molecule has 0 saturated carbocycles. The van der Waals surface area contributed by atoms with Crippen molar-refractivity contribution in [3.63, 3.8) is 0 Å². The molecule has 1 heterocycles. The first-order valence-electron chi connectivity index (χ1n) is 9.84. The zero-order valence-electron chi connectivity index (χ0n) is 15.8. The number of carboxylic acids is 1. The van der Waals surface area contributed by atoms with Gasteiger partial charge in [0.1, 0.15) is 6.54 Å². The Balaban J connectivity index is 0.000000470. The van der Waals surface area contributed by atoms with E-state index in [1.165, 1.54) is 57.9 Å². The molecule has 0 radical (unpaired) electrons. The fourth-order valence-corrected chi connectivity index (χ4v) is 2.53. The Bertz CT molecular complexity index is 379. The number of hydrogen-bond donors (Lipinski definition) is 0. The number of pyridine rings is 1. The normalized spacial score (nSPS) is 10.1. The number of aromatic nitrogens is 1. The van der Waals surface area contributed by atoms with Crippen LogP contribution in [0.5, 0.6) is 0 Å². The average Bonchev–Trinajstić information content (AvgIpc) is 2.59. The van der Waals surface area contributed by atoms with E-state index in [1.54, 1.807) is 0 Å². The summed E-state index contributed by atoms with van der Waals surface area (Å²) in [5, 5.41) is 9.92. The van der Waals surface area contributed by atoms with Crippen LogP contribution in [0.4, 0.5) is 0 Å². The average molecular weight is 336 g/mol. The summed E-state index contributed by atoms with van der Waals surface area (Å²) < 4.78 is 2.26. The van der Waals surface area contributed by atoms with Crippen LogP contribution < -0.4 is 9.67 Å². The zero-order valence-corrected chi connectivity index (χ0v) is 15.8. The van der Waals surface area contributed by atoms with Gasteiger partial charge in [-0.3, -0.25) is 0 Å². The maximum Gasteiger partial charge on any atom is 0.168 e. The number of aryl methyl sites for hydroxylation is 1. The number of carbonyl (C=O) groups is 1. The van der Waals surface area contributed by atoms with Crippen LogP contribution in [-0.4, -0.2) is 5.97 Å². The minimum Gasteiger partial charge on any atom is -0.550 e. The van der Waals surface area contributed by atoms with Crippen LogP contribution in [0.1, 0.15) is 90.9 Å². The van der Waals surface area contributed by atoms with E-state index in [0.717, 1.165) is 19.3 Å². The summed E-state index contributed by atoms with van der Waals surface area (Å²) in [4.78, 5) is 9.92. The molecule has 1 rings (SSSR count). The predicted molar refractivity (Wildman–Crippen MR) is 98.4 cm³/mol. The summed E-state index contributed by atoms with van der Waals surface area (Å²) in [5.74, 6) is -0.920. The Morgan fingerprint density at radius 2 is 1.25 bits per heavy atom. The summed E-state index contributed by atoms with van der Waals surface area (Å²) in [6.07, 6.45) is 18.2. The van der Waals surface area contributed by atoms with Crippen molar-refractivity contribution in [3.05, 3.63) is 30.6 Å². The van der Waals surface area contributed by atoms with E-state index >= 15 is 0 Å². The second-order valence-electron chi connectivity index (χ2n) is 6.42. The molecule has 0 aliphatic carbocycles. The second kappa shape index (κ2) is 18.0. The van der Waals surface area contributed by atoms with E-state index in [2.05, 4.69) is 49.0 Å². The maximum absolute atomic E-state index is 9.92. The maximum atomic E-state index is 9.92. The first-order valence-corrected chi connectivity index (χ1v) is 9.84. The fraction of sp³-hybridized carbons (Fsp3) is 0.714. The molecule has 0 bridgehead atoms. The van der Waals surface area contributed by atoms with E-state index < -0.39 is 5.97 Å². The minimum absolute atomic E-state index is 0.226. The summed E-state index contributed by atoms with van der Waals surface area (Å²) >= 11 is 0. The van der Waals surface area contributed by atoms with Crippen molar-refractivity contribution in [3.8, 4) is 0 Å². The molecule has 0 saturated heterocycles. The number of hydrogen-bond acceptors (Lipinski definition) is 2. The van der Waals surface area contributed by atoms with Crippen LogP contribution in [0.3, 0.4) is 0 Å². The smallest absolute Gasteiger partial charge is 0.168 e.